The Balaban J connectivity index is 2.64. The van der Waals surface area contributed by atoms with Crippen LogP contribution in [0.4, 0.5) is 5.69 Å². The minimum atomic E-state index is 0.698. The number of rotatable bonds is 5. The lowest BCUT2D eigenvalue weighted by molar-refractivity contribution is 0.416. The fraction of sp³-hybridized carbons (Fsp3) is 0.455. The van der Waals surface area contributed by atoms with Crippen LogP contribution in [0.3, 0.4) is 0 Å². The molecule has 0 fully saturated rings. The molecule has 82 valence electrons. The van der Waals surface area contributed by atoms with Crippen LogP contribution in [0.1, 0.15) is 5.69 Å². The Hall–Kier alpha value is -1.42. The molecule has 0 saturated carbocycles. The maximum absolute atomic E-state index is 7.14. The molecule has 1 aromatic rings. The predicted molar refractivity (Wildman–Crippen MR) is 63.9 cm³/mol. The van der Waals surface area contributed by atoms with Crippen LogP contribution in [0.2, 0.25) is 0 Å². The highest BCUT2D eigenvalue weighted by Crippen LogP contribution is 2.11. The molecule has 1 rings (SSSR count). The lowest BCUT2D eigenvalue weighted by atomic mass is 10.3. The van der Waals surface area contributed by atoms with Crippen LogP contribution >= 0.6 is 0 Å². The van der Waals surface area contributed by atoms with Gasteiger partial charge in [-0.2, -0.15) is 0 Å². The third-order valence-electron chi connectivity index (χ3n) is 2.24. The maximum Gasteiger partial charge on any atom is 0.0825 e. The second kappa shape index (κ2) is 5.46. The molecule has 0 amide bonds. The SMILES string of the molecule is CN(C)CCN(C)c1ccnc(C=N)c1. The minimum absolute atomic E-state index is 0.698. The van der Waals surface area contributed by atoms with Crippen molar-refractivity contribution in [1.29, 1.82) is 5.41 Å². The lowest BCUT2D eigenvalue weighted by Crippen LogP contribution is -2.28. The summed E-state index contributed by atoms with van der Waals surface area (Å²) in [6.45, 7) is 1.98. The topological polar surface area (TPSA) is 43.2 Å². The van der Waals surface area contributed by atoms with Gasteiger partial charge in [0.2, 0.25) is 0 Å². The molecule has 0 atom stereocenters. The van der Waals surface area contributed by atoms with Crippen molar-refractivity contribution >= 4 is 11.9 Å². The molecule has 15 heavy (non-hydrogen) atoms. The van der Waals surface area contributed by atoms with Crippen molar-refractivity contribution in [2.45, 2.75) is 0 Å². The lowest BCUT2D eigenvalue weighted by Gasteiger charge is -2.21. The number of anilines is 1. The number of nitrogens with one attached hydrogen (secondary N) is 1. The van der Waals surface area contributed by atoms with E-state index in [-0.39, 0.29) is 0 Å². The van der Waals surface area contributed by atoms with E-state index >= 15 is 0 Å². The summed E-state index contributed by atoms with van der Waals surface area (Å²) in [5, 5.41) is 7.14. The number of hydrogen-bond acceptors (Lipinski definition) is 4. The van der Waals surface area contributed by atoms with Gasteiger partial charge in [0, 0.05) is 38.2 Å². The molecule has 4 heteroatoms. The number of hydrogen-bond donors (Lipinski definition) is 1. The van der Waals surface area contributed by atoms with Crippen molar-refractivity contribution < 1.29 is 0 Å². The summed E-state index contributed by atoms with van der Waals surface area (Å²) in [4.78, 5) is 8.36. The van der Waals surface area contributed by atoms with E-state index in [0.717, 1.165) is 18.8 Å². The van der Waals surface area contributed by atoms with E-state index in [1.807, 2.05) is 19.2 Å². The van der Waals surface area contributed by atoms with Gasteiger partial charge in [0.1, 0.15) is 0 Å². The molecule has 1 aromatic heterocycles. The molecule has 0 unspecified atom stereocenters. The number of nitrogens with zero attached hydrogens (tertiary/aromatic N) is 3. The summed E-state index contributed by atoms with van der Waals surface area (Å²) in [5.74, 6) is 0. The molecule has 0 aromatic carbocycles. The Morgan fingerprint density at radius 2 is 2.07 bits per heavy atom. The first-order valence-electron chi connectivity index (χ1n) is 4.96. The molecule has 0 aliphatic rings. The summed E-state index contributed by atoms with van der Waals surface area (Å²) in [6.07, 6.45) is 3.01. The van der Waals surface area contributed by atoms with E-state index in [1.165, 1.54) is 6.21 Å². The molecule has 0 aliphatic heterocycles. The zero-order chi connectivity index (χ0) is 11.3. The van der Waals surface area contributed by atoms with Gasteiger partial charge in [-0.15, -0.1) is 0 Å². The van der Waals surface area contributed by atoms with Gasteiger partial charge >= 0.3 is 0 Å². The minimum Gasteiger partial charge on any atom is -0.373 e. The smallest absolute Gasteiger partial charge is 0.0825 e. The number of pyridine rings is 1. The molecular weight excluding hydrogens is 188 g/mol. The molecule has 0 radical (unpaired) electrons. The quantitative estimate of drug-likeness (QED) is 0.733. The van der Waals surface area contributed by atoms with E-state index in [4.69, 9.17) is 5.41 Å². The van der Waals surface area contributed by atoms with Crippen LogP contribution in [0.15, 0.2) is 18.3 Å². The highest BCUT2D eigenvalue weighted by molar-refractivity contribution is 5.75. The Labute approximate surface area is 91.0 Å². The summed E-state index contributed by atoms with van der Waals surface area (Å²) < 4.78 is 0. The molecule has 4 nitrogen and oxygen atoms in total. The average Bonchev–Trinajstić information content (AvgIpc) is 2.26. The van der Waals surface area contributed by atoms with E-state index in [1.54, 1.807) is 6.20 Å². The highest BCUT2D eigenvalue weighted by Gasteiger charge is 2.01. The molecule has 0 aliphatic carbocycles. The van der Waals surface area contributed by atoms with Crippen molar-refractivity contribution in [2.24, 2.45) is 0 Å². The Bertz CT molecular complexity index is 322. The van der Waals surface area contributed by atoms with Gasteiger partial charge in [-0.1, -0.05) is 0 Å². The number of aromatic nitrogens is 1. The van der Waals surface area contributed by atoms with Crippen LogP contribution in [0, 0.1) is 5.41 Å². The van der Waals surface area contributed by atoms with Crippen LogP contribution in [-0.4, -0.2) is 50.3 Å². The standard InChI is InChI=1S/C11H18N4/c1-14(2)6-7-15(3)11-4-5-13-10(8-11)9-12/h4-5,8-9,12H,6-7H2,1-3H3. The largest absolute Gasteiger partial charge is 0.373 e. The van der Waals surface area contributed by atoms with Crippen LogP contribution < -0.4 is 4.90 Å². The monoisotopic (exact) mass is 206 g/mol. The normalized spacial score (nSPS) is 10.4. The fourth-order valence-electron chi connectivity index (χ4n) is 1.23. The molecule has 0 bridgehead atoms. The van der Waals surface area contributed by atoms with Crippen molar-refractivity contribution in [3.8, 4) is 0 Å². The van der Waals surface area contributed by atoms with Crippen LogP contribution in [0.5, 0.6) is 0 Å². The first kappa shape index (κ1) is 11.7. The van der Waals surface area contributed by atoms with E-state index in [0.29, 0.717) is 5.69 Å². The first-order valence-corrected chi connectivity index (χ1v) is 4.96. The predicted octanol–water partition coefficient (Wildman–Crippen LogP) is 1.08. The molecule has 1 N–H and O–H groups in total. The van der Waals surface area contributed by atoms with Gasteiger partial charge in [0.15, 0.2) is 0 Å². The van der Waals surface area contributed by atoms with Crippen molar-refractivity contribution in [2.75, 3.05) is 39.1 Å². The zero-order valence-corrected chi connectivity index (χ0v) is 9.57. The maximum atomic E-state index is 7.14. The highest BCUT2D eigenvalue weighted by atomic mass is 15.2. The third kappa shape index (κ3) is 3.67. The van der Waals surface area contributed by atoms with Crippen LogP contribution in [-0.2, 0) is 0 Å². The molecular formula is C11H18N4. The fourth-order valence-corrected chi connectivity index (χ4v) is 1.23. The van der Waals surface area contributed by atoms with Gasteiger partial charge < -0.3 is 15.2 Å². The van der Waals surface area contributed by atoms with Gasteiger partial charge in [-0.25, -0.2) is 0 Å². The zero-order valence-electron chi connectivity index (χ0n) is 9.57. The summed E-state index contributed by atoms with van der Waals surface area (Å²) in [7, 11) is 6.17. The van der Waals surface area contributed by atoms with Gasteiger partial charge in [-0.3, -0.25) is 4.98 Å². The van der Waals surface area contributed by atoms with Crippen molar-refractivity contribution in [3.63, 3.8) is 0 Å². The van der Waals surface area contributed by atoms with Crippen molar-refractivity contribution in [3.05, 3.63) is 24.0 Å². The van der Waals surface area contributed by atoms with Crippen LogP contribution in [0.25, 0.3) is 0 Å². The Morgan fingerprint density at radius 1 is 1.33 bits per heavy atom. The summed E-state index contributed by atoms with van der Waals surface area (Å²) in [5.41, 5.74) is 1.80. The van der Waals surface area contributed by atoms with Gasteiger partial charge in [0.05, 0.1) is 5.69 Å². The second-order valence-corrected chi connectivity index (χ2v) is 3.81. The summed E-state index contributed by atoms with van der Waals surface area (Å²) >= 11 is 0. The molecule has 0 spiro atoms. The van der Waals surface area contributed by atoms with Gasteiger partial charge in [-0.05, 0) is 26.2 Å². The molecule has 0 saturated heterocycles. The van der Waals surface area contributed by atoms with E-state index in [2.05, 4.69) is 28.9 Å². The van der Waals surface area contributed by atoms with E-state index in [9.17, 15) is 0 Å². The second-order valence-electron chi connectivity index (χ2n) is 3.81. The third-order valence-corrected chi connectivity index (χ3v) is 2.24. The molecule has 1 heterocycles. The van der Waals surface area contributed by atoms with Crippen molar-refractivity contribution in [1.82, 2.24) is 9.88 Å². The first-order chi connectivity index (χ1) is 7.13. The van der Waals surface area contributed by atoms with Gasteiger partial charge in [0.25, 0.3) is 0 Å². The number of likely N-dealkylation sites (N-methyl/N-ethyl adjacent to an activating group) is 2. The Kier molecular flexibility index (Phi) is 4.24. The summed E-state index contributed by atoms with van der Waals surface area (Å²) in [6, 6.07) is 3.88. The van der Waals surface area contributed by atoms with E-state index < -0.39 is 0 Å². The average molecular weight is 206 g/mol. The Morgan fingerprint density at radius 3 is 2.67 bits per heavy atom.